The van der Waals surface area contributed by atoms with Crippen LogP contribution in [-0.4, -0.2) is 16.1 Å². The van der Waals surface area contributed by atoms with E-state index in [1.54, 1.807) is 40.0 Å². The lowest BCUT2D eigenvalue weighted by atomic mass is 10.1. The molecule has 0 saturated carbocycles. The number of ketones is 2. The van der Waals surface area contributed by atoms with Crippen LogP contribution in [-0.2, 0) is 13.1 Å². The van der Waals surface area contributed by atoms with E-state index >= 15 is 0 Å². The van der Waals surface area contributed by atoms with Crippen molar-refractivity contribution in [3.63, 3.8) is 0 Å². The molecule has 0 N–H and O–H groups in total. The SMILES string of the molecule is O=C(Cn1cc[n+](CC(=O)c2ccc(Cl)c(Cl)c2)c1)c1ccc(F)c(F)c1. The Morgan fingerprint density at radius 3 is 2.33 bits per heavy atom. The van der Waals surface area contributed by atoms with Crippen molar-refractivity contribution in [3.05, 3.63) is 87.9 Å². The maximum Gasteiger partial charge on any atom is 0.244 e. The lowest BCUT2D eigenvalue weighted by Crippen LogP contribution is -2.36. The summed E-state index contributed by atoms with van der Waals surface area (Å²) in [5.41, 5.74) is 0.489. The second-order valence-corrected chi connectivity index (χ2v) is 6.68. The molecule has 4 nitrogen and oxygen atoms in total. The Hall–Kier alpha value is -2.57. The lowest BCUT2D eigenvalue weighted by molar-refractivity contribution is -0.682. The van der Waals surface area contributed by atoms with Gasteiger partial charge in [-0.1, -0.05) is 23.2 Å². The molecule has 2 aromatic carbocycles. The first-order chi connectivity index (χ1) is 12.8. The zero-order valence-electron chi connectivity index (χ0n) is 13.8. The summed E-state index contributed by atoms with van der Waals surface area (Å²) in [6.45, 7) is -0.0244. The second kappa shape index (κ2) is 7.98. The van der Waals surface area contributed by atoms with Crippen molar-refractivity contribution < 1.29 is 22.9 Å². The van der Waals surface area contributed by atoms with Crippen LogP contribution in [0.4, 0.5) is 8.78 Å². The van der Waals surface area contributed by atoms with Crippen LogP contribution in [0, 0.1) is 11.6 Å². The first-order valence-electron chi connectivity index (χ1n) is 7.85. The van der Waals surface area contributed by atoms with Crippen molar-refractivity contribution in [2.24, 2.45) is 0 Å². The summed E-state index contributed by atoms with van der Waals surface area (Å²) < 4.78 is 29.4. The Morgan fingerprint density at radius 1 is 0.926 bits per heavy atom. The van der Waals surface area contributed by atoms with Gasteiger partial charge in [0.1, 0.15) is 12.4 Å². The van der Waals surface area contributed by atoms with Gasteiger partial charge in [-0.2, -0.15) is 0 Å². The van der Waals surface area contributed by atoms with Gasteiger partial charge in [-0.3, -0.25) is 9.59 Å². The first kappa shape index (κ1) is 19.2. The van der Waals surface area contributed by atoms with Crippen LogP contribution in [0.2, 0.25) is 10.0 Å². The Labute approximate surface area is 163 Å². The highest BCUT2D eigenvalue weighted by Crippen LogP contribution is 2.22. The maximum absolute atomic E-state index is 13.2. The summed E-state index contributed by atoms with van der Waals surface area (Å²) in [5, 5.41) is 0.657. The molecule has 27 heavy (non-hydrogen) atoms. The molecule has 0 spiro atoms. The minimum Gasteiger partial charge on any atom is -0.290 e. The maximum atomic E-state index is 13.2. The van der Waals surface area contributed by atoms with E-state index in [1.165, 1.54) is 12.1 Å². The topological polar surface area (TPSA) is 43.0 Å². The average Bonchev–Trinajstić information content (AvgIpc) is 3.06. The summed E-state index contributed by atoms with van der Waals surface area (Å²) in [4.78, 5) is 24.5. The van der Waals surface area contributed by atoms with Crippen LogP contribution in [0.5, 0.6) is 0 Å². The van der Waals surface area contributed by atoms with Gasteiger partial charge in [-0.15, -0.1) is 0 Å². The molecular weight excluding hydrogens is 397 g/mol. The minimum atomic E-state index is -1.07. The molecule has 0 amide bonds. The first-order valence-corrected chi connectivity index (χ1v) is 8.60. The van der Waals surface area contributed by atoms with Crippen LogP contribution < -0.4 is 4.57 Å². The predicted molar refractivity (Wildman–Crippen MR) is 96.1 cm³/mol. The number of halogens is 4. The highest BCUT2D eigenvalue weighted by molar-refractivity contribution is 6.42. The molecule has 3 rings (SSSR count). The van der Waals surface area contributed by atoms with Gasteiger partial charge in [0, 0.05) is 11.1 Å². The molecule has 0 atom stereocenters. The Kier molecular flexibility index (Phi) is 5.68. The minimum absolute atomic E-state index is 0.0460. The lowest BCUT2D eigenvalue weighted by Gasteiger charge is -2.01. The van der Waals surface area contributed by atoms with E-state index in [0.29, 0.717) is 15.6 Å². The molecule has 0 aliphatic carbocycles. The molecule has 138 valence electrons. The molecule has 1 aromatic heterocycles. The summed E-state index contributed by atoms with van der Waals surface area (Å²) in [5.74, 6) is -2.64. The van der Waals surface area contributed by atoms with Gasteiger partial charge in [-0.25, -0.2) is 17.9 Å². The van der Waals surface area contributed by atoms with Crippen LogP contribution in [0.1, 0.15) is 20.7 Å². The van der Waals surface area contributed by atoms with Gasteiger partial charge in [0.15, 0.2) is 24.7 Å². The summed E-state index contributed by atoms with van der Waals surface area (Å²) >= 11 is 11.8. The zero-order chi connectivity index (χ0) is 19.6. The van der Waals surface area contributed by atoms with Crippen molar-refractivity contribution in [1.29, 1.82) is 0 Å². The van der Waals surface area contributed by atoms with Crippen LogP contribution >= 0.6 is 23.2 Å². The highest BCUT2D eigenvalue weighted by Gasteiger charge is 2.16. The van der Waals surface area contributed by atoms with Crippen molar-refractivity contribution in [3.8, 4) is 0 Å². The highest BCUT2D eigenvalue weighted by atomic mass is 35.5. The van der Waals surface area contributed by atoms with E-state index in [4.69, 9.17) is 23.2 Å². The number of nitrogens with zero attached hydrogens (tertiary/aromatic N) is 2. The molecule has 0 saturated heterocycles. The van der Waals surface area contributed by atoms with Crippen molar-refractivity contribution in [1.82, 2.24) is 4.57 Å². The molecule has 0 aliphatic rings. The van der Waals surface area contributed by atoms with Gasteiger partial charge in [0.05, 0.1) is 10.0 Å². The van der Waals surface area contributed by atoms with Crippen molar-refractivity contribution in [2.75, 3.05) is 0 Å². The smallest absolute Gasteiger partial charge is 0.244 e. The number of aromatic nitrogens is 2. The number of hydrogen-bond donors (Lipinski definition) is 0. The normalized spacial score (nSPS) is 10.8. The van der Waals surface area contributed by atoms with E-state index in [0.717, 1.165) is 12.1 Å². The molecule has 1 heterocycles. The molecule has 0 bridgehead atoms. The Bertz CT molecular complexity index is 954. The summed E-state index contributed by atoms with van der Waals surface area (Å²) in [6, 6.07) is 7.63. The number of carbonyl (C=O) groups excluding carboxylic acids is 2. The number of Topliss-reactive ketones (excluding diaryl/α,β-unsaturated/α-hetero) is 2. The fourth-order valence-electron chi connectivity index (χ4n) is 2.48. The largest absolute Gasteiger partial charge is 0.290 e. The average molecular weight is 410 g/mol. The number of hydrogen-bond acceptors (Lipinski definition) is 2. The molecule has 0 radical (unpaired) electrons. The van der Waals surface area contributed by atoms with Crippen molar-refractivity contribution in [2.45, 2.75) is 13.1 Å². The zero-order valence-corrected chi connectivity index (χ0v) is 15.3. The third-order valence-electron chi connectivity index (χ3n) is 3.88. The third kappa shape index (κ3) is 4.59. The molecule has 3 aromatic rings. The van der Waals surface area contributed by atoms with E-state index in [9.17, 15) is 18.4 Å². The molecular formula is C19H13Cl2F2N2O2+. The van der Waals surface area contributed by atoms with Crippen LogP contribution in [0.3, 0.4) is 0 Å². The molecule has 0 unspecified atom stereocenters. The van der Waals surface area contributed by atoms with E-state index in [2.05, 4.69) is 0 Å². The fourth-order valence-corrected chi connectivity index (χ4v) is 2.78. The number of benzene rings is 2. The molecule has 0 aliphatic heterocycles. The summed E-state index contributed by atoms with van der Waals surface area (Å²) in [7, 11) is 0. The van der Waals surface area contributed by atoms with E-state index < -0.39 is 11.6 Å². The van der Waals surface area contributed by atoms with E-state index in [1.807, 2.05) is 0 Å². The number of rotatable bonds is 6. The van der Waals surface area contributed by atoms with Gasteiger partial charge in [-0.05, 0) is 36.4 Å². The second-order valence-electron chi connectivity index (χ2n) is 5.86. The number of imidazole rings is 1. The Morgan fingerprint density at radius 2 is 1.63 bits per heavy atom. The summed E-state index contributed by atoms with van der Waals surface area (Å²) in [6.07, 6.45) is 4.82. The fraction of sp³-hybridized carbons (Fsp3) is 0.105. The third-order valence-corrected chi connectivity index (χ3v) is 4.62. The Balaban J connectivity index is 1.67. The monoisotopic (exact) mass is 409 g/mol. The van der Waals surface area contributed by atoms with Crippen molar-refractivity contribution >= 4 is 34.8 Å². The van der Waals surface area contributed by atoms with Gasteiger partial charge < -0.3 is 0 Å². The number of carbonyl (C=O) groups is 2. The predicted octanol–water partition coefficient (Wildman–Crippen LogP) is 4.13. The van der Waals surface area contributed by atoms with Crippen LogP contribution in [0.15, 0.2) is 55.1 Å². The molecule has 0 fully saturated rings. The van der Waals surface area contributed by atoms with Gasteiger partial charge >= 0.3 is 0 Å². The van der Waals surface area contributed by atoms with E-state index in [-0.39, 0.29) is 30.2 Å². The molecule has 8 heteroatoms. The quantitative estimate of drug-likeness (QED) is 0.453. The van der Waals surface area contributed by atoms with Gasteiger partial charge in [0.2, 0.25) is 17.9 Å². The van der Waals surface area contributed by atoms with Crippen LogP contribution in [0.25, 0.3) is 0 Å². The standard InChI is InChI=1S/C19H13Cl2F2N2O2/c20-14-3-1-12(7-15(14)21)18(26)9-24-5-6-25(11-24)10-19(27)13-2-4-16(22)17(23)8-13/h1-8,11H,9-10H2/q+1. The van der Waals surface area contributed by atoms with Gasteiger partial charge in [0.25, 0.3) is 0 Å².